The van der Waals surface area contributed by atoms with E-state index in [1.807, 2.05) is 13.1 Å². The number of rotatable bonds is 4. The number of aryl methyl sites for hydroxylation is 1. The molecule has 5 nitrogen and oxygen atoms in total. The number of nitrogens with zero attached hydrogens (tertiary/aromatic N) is 2. The Labute approximate surface area is 135 Å². The highest BCUT2D eigenvalue weighted by atomic mass is 16.5. The standard InChI is InChI=1S/C18H21N3O2/c1-21-9-8-19-17(21)18(22)20-15-13-7-10-23-16(13)14(15)11-12-5-3-2-4-6-12/h2-6,8-9,13-16H,7,10-11H2,1H3,(H,20,22)/t13-,14+,15-,16-/m0/s1. The van der Waals surface area contributed by atoms with E-state index in [9.17, 15) is 4.79 Å². The first-order valence-corrected chi connectivity index (χ1v) is 8.18. The van der Waals surface area contributed by atoms with Gasteiger partial charge in [-0.2, -0.15) is 0 Å². The maximum atomic E-state index is 12.5. The van der Waals surface area contributed by atoms with Gasteiger partial charge in [0.25, 0.3) is 5.91 Å². The largest absolute Gasteiger partial charge is 0.377 e. The summed E-state index contributed by atoms with van der Waals surface area (Å²) < 4.78 is 7.64. The number of aromatic nitrogens is 2. The average molecular weight is 311 g/mol. The Bertz CT molecular complexity index is 697. The van der Waals surface area contributed by atoms with Crippen molar-refractivity contribution >= 4 is 5.91 Å². The summed E-state index contributed by atoms with van der Waals surface area (Å²) in [5, 5.41) is 3.20. The molecule has 0 radical (unpaired) electrons. The van der Waals surface area contributed by atoms with E-state index in [-0.39, 0.29) is 18.1 Å². The van der Waals surface area contributed by atoms with Gasteiger partial charge in [0.05, 0.1) is 6.10 Å². The summed E-state index contributed by atoms with van der Waals surface area (Å²) in [4.78, 5) is 16.6. The number of carbonyl (C=O) groups excluding carboxylic acids is 1. The summed E-state index contributed by atoms with van der Waals surface area (Å²) >= 11 is 0. The Hall–Kier alpha value is -2.14. The second kappa shape index (κ2) is 5.81. The molecule has 5 heteroatoms. The molecule has 1 saturated carbocycles. The Morgan fingerprint density at radius 2 is 2.22 bits per heavy atom. The molecule has 1 saturated heterocycles. The Balaban J connectivity index is 1.49. The van der Waals surface area contributed by atoms with Crippen LogP contribution in [-0.4, -0.2) is 34.2 Å². The molecular formula is C18H21N3O2. The quantitative estimate of drug-likeness (QED) is 0.937. The second-order valence-corrected chi connectivity index (χ2v) is 6.50. The Kier molecular flexibility index (Phi) is 3.65. The van der Waals surface area contributed by atoms with Crippen molar-refractivity contribution in [2.45, 2.75) is 25.0 Å². The van der Waals surface area contributed by atoms with Crippen LogP contribution < -0.4 is 5.32 Å². The fourth-order valence-electron chi connectivity index (χ4n) is 3.97. The SMILES string of the molecule is Cn1ccnc1C(=O)N[C@@H]1[C@@H](Cc2ccccc2)[C@H]2OCC[C@@H]12. The summed E-state index contributed by atoms with van der Waals surface area (Å²) in [6.07, 6.45) is 5.69. The first kappa shape index (κ1) is 14.5. The topological polar surface area (TPSA) is 56.2 Å². The molecule has 2 fully saturated rings. The van der Waals surface area contributed by atoms with Crippen molar-refractivity contribution in [1.29, 1.82) is 0 Å². The van der Waals surface area contributed by atoms with Gasteiger partial charge < -0.3 is 14.6 Å². The number of hydrogen-bond donors (Lipinski definition) is 1. The van der Waals surface area contributed by atoms with Crippen LogP contribution in [0.25, 0.3) is 0 Å². The zero-order valence-corrected chi connectivity index (χ0v) is 13.2. The molecule has 0 bridgehead atoms. The van der Waals surface area contributed by atoms with Crippen LogP contribution in [0.1, 0.15) is 22.6 Å². The van der Waals surface area contributed by atoms with Gasteiger partial charge in [0.1, 0.15) is 0 Å². The maximum Gasteiger partial charge on any atom is 0.287 e. The van der Waals surface area contributed by atoms with Crippen molar-refractivity contribution in [2.24, 2.45) is 18.9 Å². The lowest BCUT2D eigenvalue weighted by atomic mass is 9.64. The van der Waals surface area contributed by atoms with Gasteiger partial charge in [0.2, 0.25) is 0 Å². The summed E-state index contributed by atoms with van der Waals surface area (Å²) in [7, 11) is 1.84. The molecule has 4 rings (SSSR count). The molecule has 1 N–H and O–H groups in total. The number of carbonyl (C=O) groups is 1. The molecule has 1 amide bonds. The van der Waals surface area contributed by atoms with Gasteiger partial charge >= 0.3 is 0 Å². The summed E-state index contributed by atoms with van der Waals surface area (Å²) in [6.45, 7) is 0.801. The number of hydrogen-bond acceptors (Lipinski definition) is 3. The van der Waals surface area contributed by atoms with E-state index in [0.29, 0.717) is 17.7 Å². The molecule has 120 valence electrons. The fourth-order valence-corrected chi connectivity index (χ4v) is 3.97. The average Bonchev–Trinajstić information content (AvgIpc) is 3.18. The number of nitrogens with one attached hydrogen (secondary N) is 1. The minimum absolute atomic E-state index is 0.0917. The minimum Gasteiger partial charge on any atom is -0.377 e. The number of fused-ring (bicyclic) bond motifs is 1. The molecular weight excluding hydrogens is 290 g/mol. The van der Waals surface area contributed by atoms with Gasteiger partial charge in [0, 0.05) is 43.9 Å². The van der Waals surface area contributed by atoms with Gasteiger partial charge in [-0.05, 0) is 18.4 Å². The van der Waals surface area contributed by atoms with Crippen LogP contribution in [-0.2, 0) is 18.2 Å². The molecule has 1 aromatic carbocycles. The number of benzene rings is 1. The zero-order valence-electron chi connectivity index (χ0n) is 13.2. The van der Waals surface area contributed by atoms with E-state index in [1.165, 1.54) is 5.56 Å². The van der Waals surface area contributed by atoms with Crippen molar-refractivity contribution in [3.8, 4) is 0 Å². The van der Waals surface area contributed by atoms with Crippen LogP contribution >= 0.6 is 0 Å². The van der Waals surface area contributed by atoms with Crippen LogP contribution in [0.5, 0.6) is 0 Å². The van der Waals surface area contributed by atoms with Crippen molar-refractivity contribution in [3.05, 3.63) is 54.1 Å². The minimum atomic E-state index is -0.0917. The normalized spacial score (nSPS) is 28.9. The first-order chi connectivity index (χ1) is 11.2. The van der Waals surface area contributed by atoms with E-state index < -0.39 is 0 Å². The molecule has 1 aliphatic heterocycles. The number of amides is 1. The highest BCUT2D eigenvalue weighted by Crippen LogP contribution is 2.45. The molecule has 4 atom stereocenters. The summed E-state index contributed by atoms with van der Waals surface area (Å²) in [5.74, 6) is 1.15. The Morgan fingerprint density at radius 3 is 2.96 bits per heavy atom. The van der Waals surface area contributed by atoms with E-state index in [1.54, 1.807) is 17.0 Å². The molecule has 0 spiro atoms. The zero-order chi connectivity index (χ0) is 15.8. The molecule has 0 unspecified atom stereocenters. The molecule has 23 heavy (non-hydrogen) atoms. The molecule has 2 aromatic rings. The van der Waals surface area contributed by atoms with Crippen LogP contribution in [0.3, 0.4) is 0 Å². The van der Waals surface area contributed by atoms with Gasteiger partial charge in [-0.3, -0.25) is 4.79 Å². The van der Waals surface area contributed by atoms with Crippen LogP contribution in [0.2, 0.25) is 0 Å². The molecule has 2 heterocycles. The third-order valence-corrected chi connectivity index (χ3v) is 5.16. The monoisotopic (exact) mass is 311 g/mol. The third-order valence-electron chi connectivity index (χ3n) is 5.16. The maximum absolute atomic E-state index is 12.5. The summed E-state index contributed by atoms with van der Waals surface area (Å²) in [5.41, 5.74) is 1.29. The van der Waals surface area contributed by atoms with E-state index in [4.69, 9.17) is 4.74 Å². The first-order valence-electron chi connectivity index (χ1n) is 8.18. The lowest BCUT2D eigenvalue weighted by molar-refractivity contribution is -0.0529. The predicted octanol–water partition coefficient (Wildman–Crippen LogP) is 1.80. The van der Waals surface area contributed by atoms with Gasteiger partial charge in [0.15, 0.2) is 5.82 Å². The lowest BCUT2D eigenvalue weighted by Gasteiger charge is -2.48. The second-order valence-electron chi connectivity index (χ2n) is 6.50. The van der Waals surface area contributed by atoms with Crippen molar-refractivity contribution in [3.63, 3.8) is 0 Å². The predicted molar refractivity (Wildman–Crippen MR) is 85.9 cm³/mol. The van der Waals surface area contributed by atoms with Crippen LogP contribution in [0.4, 0.5) is 0 Å². The third kappa shape index (κ3) is 2.55. The highest BCUT2D eigenvalue weighted by Gasteiger charge is 2.54. The van der Waals surface area contributed by atoms with Crippen LogP contribution in [0.15, 0.2) is 42.7 Å². The number of ether oxygens (including phenoxy) is 1. The summed E-state index contributed by atoms with van der Waals surface area (Å²) in [6, 6.07) is 10.6. The van der Waals surface area contributed by atoms with Gasteiger partial charge in [-0.25, -0.2) is 4.98 Å². The van der Waals surface area contributed by atoms with E-state index in [0.717, 1.165) is 19.4 Å². The van der Waals surface area contributed by atoms with E-state index in [2.05, 4.69) is 34.6 Å². The molecule has 2 aliphatic rings. The fraction of sp³-hybridized carbons (Fsp3) is 0.444. The number of imidazole rings is 1. The molecule has 1 aromatic heterocycles. The van der Waals surface area contributed by atoms with Crippen LogP contribution in [0, 0.1) is 11.8 Å². The van der Waals surface area contributed by atoms with Crippen molar-refractivity contribution in [2.75, 3.05) is 6.61 Å². The Morgan fingerprint density at radius 1 is 1.39 bits per heavy atom. The van der Waals surface area contributed by atoms with Gasteiger partial charge in [-0.15, -0.1) is 0 Å². The smallest absolute Gasteiger partial charge is 0.287 e. The van der Waals surface area contributed by atoms with E-state index >= 15 is 0 Å². The van der Waals surface area contributed by atoms with Crippen molar-refractivity contribution < 1.29 is 9.53 Å². The lowest BCUT2D eigenvalue weighted by Crippen LogP contribution is -2.62. The van der Waals surface area contributed by atoms with Crippen molar-refractivity contribution in [1.82, 2.24) is 14.9 Å². The molecule has 1 aliphatic carbocycles. The van der Waals surface area contributed by atoms with Gasteiger partial charge in [-0.1, -0.05) is 30.3 Å². The highest BCUT2D eigenvalue weighted by molar-refractivity contribution is 5.91.